The molecule has 6 heteroatoms. The molecule has 0 aromatic carbocycles. The summed E-state index contributed by atoms with van der Waals surface area (Å²) in [6, 6.07) is 0. The minimum atomic E-state index is -0.470. The van der Waals surface area contributed by atoms with Gasteiger partial charge in [0.05, 0.1) is 0 Å². The van der Waals surface area contributed by atoms with Crippen LogP contribution in [0.5, 0.6) is 0 Å². The molecule has 0 aliphatic carbocycles. The van der Waals surface area contributed by atoms with Crippen LogP contribution in [0.4, 0.5) is 5.82 Å². The molecule has 0 unspecified atom stereocenters. The van der Waals surface area contributed by atoms with Crippen LogP contribution in [0.25, 0.3) is 0 Å². The van der Waals surface area contributed by atoms with Crippen molar-refractivity contribution in [1.29, 1.82) is 0 Å². The van der Waals surface area contributed by atoms with E-state index < -0.39 is 4.92 Å². The van der Waals surface area contributed by atoms with Gasteiger partial charge in [-0.1, -0.05) is 11.6 Å². The van der Waals surface area contributed by atoms with E-state index in [2.05, 4.69) is 4.98 Å². The van der Waals surface area contributed by atoms with Gasteiger partial charge in [-0.15, -0.1) is 0 Å². The van der Waals surface area contributed by atoms with Crippen molar-refractivity contribution in [2.75, 3.05) is 0 Å². The van der Waals surface area contributed by atoms with Gasteiger partial charge in [0.1, 0.15) is 12.7 Å². The number of allylic oxidation sites excluding steroid dienone is 1. The number of rotatable bonds is 3. The summed E-state index contributed by atoms with van der Waals surface area (Å²) >= 11 is 5.32. The Kier molecular flexibility index (Phi) is 3.02. The third kappa shape index (κ3) is 2.06. The summed E-state index contributed by atoms with van der Waals surface area (Å²) in [5, 5.41) is 10.5. The van der Waals surface area contributed by atoms with E-state index >= 15 is 0 Å². The van der Waals surface area contributed by atoms with Crippen LogP contribution in [0, 0.1) is 17.0 Å². The Labute approximate surface area is 79.8 Å². The third-order valence-electron chi connectivity index (χ3n) is 1.60. The van der Waals surface area contributed by atoms with E-state index in [1.54, 1.807) is 13.0 Å². The lowest BCUT2D eigenvalue weighted by Crippen LogP contribution is -2.03. The lowest BCUT2D eigenvalue weighted by atomic mass is 10.5. The maximum absolute atomic E-state index is 10.5. The molecule has 5 nitrogen and oxygen atoms in total. The SMILES string of the molecule is Cc1ncc([N+](=O)[O-])n1C/C=C/Cl. The van der Waals surface area contributed by atoms with Crippen molar-refractivity contribution < 1.29 is 4.92 Å². The molecule has 1 aromatic heterocycles. The fourth-order valence-corrected chi connectivity index (χ4v) is 1.05. The first-order valence-electron chi connectivity index (χ1n) is 3.58. The molecule has 0 fully saturated rings. The second kappa shape index (κ2) is 4.04. The monoisotopic (exact) mass is 201 g/mol. The standard InChI is InChI=1S/C7H8ClN3O2/c1-6-9-5-7(11(12)13)10(6)4-2-3-8/h2-3,5H,4H2,1H3/b3-2+. The van der Waals surface area contributed by atoms with E-state index in [4.69, 9.17) is 11.6 Å². The molecule has 0 aliphatic rings. The Morgan fingerprint density at radius 3 is 3.08 bits per heavy atom. The molecule has 0 radical (unpaired) electrons. The molecule has 1 aromatic rings. The summed E-state index contributed by atoms with van der Waals surface area (Å²) in [4.78, 5) is 13.9. The highest BCUT2D eigenvalue weighted by atomic mass is 35.5. The first-order chi connectivity index (χ1) is 6.16. The Balaban J connectivity index is 3.01. The first-order valence-corrected chi connectivity index (χ1v) is 4.02. The van der Waals surface area contributed by atoms with Gasteiger partial charge < -0.3 is 10.1 Å². The van der Waals surface area contributed by atoms with Crippen molar-refractivity contribution in [3.05, 3.63) is 33.7 Å². The number of halogens is 1. The quantitative estimate of drug-likeness (QED) is 0.554. The second-order valence-corrected chi connectivity index (χ2v) is 2.64. The summed E-state index contributed by atoms with van der Waals surface area (Å²) in [7, 11) is 0. The molecule has 0 saturated heterocycles. The minimum Gasteiger partial charge on any atom is -0.358 e. The molecule has 1 rings (SSSR count). The van der Waals surface area contributed by atoms with E-state index in [9.17, 15) is 10.1 Å². The van der Waals surface area contributed by atoms with Crippen LogP contribution in [0.2, 0.25) is 0 Å². The molecule has 13 heavy (non-hydrogen) atoms. The molecule has 0 aliphatic heterocycles. The van der Waals surface area contributed by atoms with Gasteiger partial charge in [0, 0.05) is 12.5 Å². The van der Waals surface area contributed by atoms with E-state index in [1.807, 2.05) is 0 Å². The van der Waals surface area contributed by atoms with Crippen LogP contribution < -0.4 is 0 Å². The van der Waals surface area contributed by atoms with Crippen molar-refractivity contribution in [2.24, 2.45) is 0 Å². The van der Waals surface area contributed by atoms with Gasteiger partial charge in [0.15, 0.2) is 5.82 Å². The number of nitrogens with zero attached hydrogens (tertiary/aromatic N) is 3. The highest BCUT2D eigenvalue weighted by Crippen LogP contribution is 2.13. The molecule has 0 amide bonds. The van der Waals surface area contributed by atoms with Crippen molar-refractivity contribution >= 4 is 17.4 Å². The Morgan fingerprint density at radius 2 is 2.54 bits per heavy atom. The summed E-state index contributed by atoms with van der Waals surface area (Å²) in [5.74, 6) is 0.578. The molecule has 1 heterocycles. The molecule has 70 valence electrons. The van der Waals surface area contributed by atoms with Crippen LogP contribution >= 0.6 is 11.6 Å². The van der Waals surface area contributed by atoms with Crippen molar-refractivity contribution in [1.82, 2.24) is 9.55 Å². The number of aryl methyl sites for hydroxylation is 1. The zero-order chi connectivity index (χ0) is 9.84. The fraction of sp³-hybridized carbons (Fsp3) is 0.286. The largest absolute Gasteiger partial charge is 0.358 e. The second-order valence-electron chi connectivity index (χ2n) is 2.39. The van der Waals surface area contributed by atoms with E-state index in [-0.39, 0.29) is 5.82 Å². The first kappa shape index (κ1) is 9.73. The van der Waals surface area contributed by atoms with Gasteiger partial charge in [0.25, 0.3) is 0 Å². The van der Waals surface area contributed by atoms with E-state index in [1.165, 1.54) is 16.3 Å². The zero-order valence-corrected chi connectivity index (χ0v) is 7.73. The van der Waals surface area contributed by atoms with Gasteiger partial charge in [-0.25, -0.2) is 9.55 Å². The van der Waals surface area contributed by atoms with Crippen LogP contribution in [0.1, 0.15) is 5.82 Å². The molecule has 0 atom stereocenters. The van der Waals surface area contributed by atoms with Crippen molar-refractivity contribution in [3.63, 3.8) is 0 Å². The molecule has 0 bridgehead atoms. The average Bonchev–Trinajstić information content (AvgIpc) is 2.43. The van der Waals surface area contributed by atoms with Gasteiger partial charge in [-0.3, -0.25) is 0 Å². The number of hydrogen-bond acceptors (Lipinski definition) is 3. The number of nitro groups is 1. The summed E-state index contributed by atoms with van der Waals surface area (Å²) in [6.45, 7) is 2.07. The minimum absolute atomic E-state index is 0.0210. The predicted octanol–water partition coefficient (Wildman–Crippen LogP) is 1.85. The van der Waals surface area contributed by atoms with Gasteiger partial charge in [0.2, 0.25) is 0 Å². The lowest BCUT2D eigenvalue weighted by Gasteiger charge is -1.97. The average molecular weight is 202 g/mol. The van der Waals surface area contributed by atoms with Crippen LogP contribution in [-0.2, 0) is 6.54 Å². The van der Waals surface area contributed by atoms with Crippen molar-refractivity contribution in [2.45, 2.75) is 13.5 Å². The van der Waals surface area contributed by atoms with Crippen LogP contribution in [0.3, 0.4) is 0 Å². The molecule has 0 saturated carbocycles. The molecular formula is C7H8ClN3O2. The summed E-state index contributed by atoms with van der Waals surface area (Å²) in [6.07, 6.45) is 2.85. The number of imidazole rings is 1. The maximum atomic E-state index is 10.5. The summed E-state index contributed by atoms with van der Waals surface area (Å²) < 4.78 is 1.47. The third-order valence-corrected chi connectivity index (χ3v) is 1.78. The summed E-state index contributed by atoms with van der Waals surface area (Å²) in [5.41, 5.74) is 1.32. The zero-order valence-electron chi connectivity index (χ0n) is 6.98. The van der Waals surface area contributed by atoms with Gasteiger partial charge in [-0.2, -0.15) is 0 Å². The van der Waals surface area contributed by atoms with E-state index in [0.717, 1.165) is 0 Å². The molecular weight excluding hydrogens is 194 g/mol. The molecule has 0 spiro atoms. The Hall–Kier alpha value is -1.36. The van der Waals surface area contributed by atoms with Crippen molar-refractivity contribution in [3.8, 4) is 0 Å². The van der Waals surface area contributed by atoms with Gasteiger partial charge in [-0.05, 0) is 11.0 Å². The Morgan fingerprint density at radius 1 is 1.85 bits per heavy atom. The van der Waals surface area contributed by atoms with E-state index in [0.29, 0.717) is 12.4 Å². The number of hydrogen-bond donors (Lipinski definition) is 0. The maximum Gasteiger partial charge on any atom is 0.343 e. The normalized spacial score (nSPS) is 10.9. The smallest absolute Gasteiger partial charge is 0.343 e. The fourth-order valence-electron chi connectivity index (χ4n) is 0.973. The van der Waals surface area contributed by atoms with Crippen LogP contribution in [-0.4, -0.2) is 14.5 Å². The number of aromatic nitrogens is 2. The topological polar surface area (TPSA) is 61.0 Å². The van der Waals surface area contributed by atoms with Gasteiger partial charge >= 0.3 is 5.82 Å². The lowest BCUT2D eigenvalue weighted by molar-refractivity contribution is -0.392. The van der Waals surface area contributed by atoms with Crippen LogP contribution in [0.15, 0.2) is 17.8 Å². The predicted molar refractivity (Wildman–Crippen MR) is 48.6 cm³/mol. The highest BCUT2D eigenvalue weighted by Gasteiger charge is 2.15. The molecule has 0 N–H and O–H groups in total. The Bertz CT molecular complexity index is 346. The highest BCUT2D eigenvalue weighted by molar-refractivity contribution is 6.25.